The second-order valence-corrected chi connectivity index (χ2v) is 9.12. The number of carbonyl (C=O) groups is 1. The van der Waals surface area contributed by atoms with E-state index in [1.54, 1.807) is 0 Å². The van der Waals surface area contributed by atoms with Gasteiger partial charge in [-0.2, -0.15) is 5.10 Å². The Morgan fingerprint density at radius 3 is 2.88 bits per heavy atom. The number of fused-ring (bicyclic) bond motifs is 5. The minimum absolute atomic E-state index is 0.0576. The lowest BCUT2D eigenvalue weighted by molar-refractivity contribution is -0.113. The molecule has 26 heavy (non-hydrogen) atoms. The summed E-state index contributed by atoms with van der Waals surface area (Å²) >= 11 is 1.35. The van der Waals surface area contributed by atoms with Crippen molar-refractivity contribution in [2.24, 2.45) is 5.41 Å². The largest absolute Gasteiger partial charge is 0.325 e. The highest BCUT2D eigenvalue weighted by atomic mass is 32.2. The SMILES string of the molecule is Cc1cccc(NC(=O)CSc2nnc3c(n2)C2(C)CCC3C2(C)C)c1. The predicted octanol–water partition coefficient (Wildman–Crippen LogP) is 4.09. The van der Waals surface area contributed by atoms with E-state index in [1.807, 2.05) is 31.2 Å². The first-order valence-electron chi connectivity index (χ1n) is 9.06. The molecule has 2 bridgehead atoms. The molecule has 2 aromatic rings. The van der Waals surface area contributed by atoms with Crippen LogP contribution in [0.25, 0.3) is 0 Å². The van der Waals surface area contributed by atoms with Crippen LogP contribution in [0.1, 0.15) is 56.5 Å². The van der Waals surface area contributed by atoms with Crippen molar-refractivity contribution >= 4 is 23.4 Å². The molecule has 1 aromatic heterocycles. The maximum Gasteiger partial charge on any atom is 0.234 e. The number of aromatic nitrogens is 3. The van der Waals surface area contributed by atoms with Gasteiger partial charge in [0.1, 0.15) is 0 Å². The molecule has 2 aliphatic rings. The predicted molar refractivity (Wildman–Crippen MR) is 103 cm³/mol. The van der Waals surface area contributed by atoms with Crippen molar-refractivity contribution < 1.29 is 4.79 Å². The van der Waals surface area contributed by atoms with Crippen LogP contribution in [0.2, 0.25) is 0 Å². The van der Waals surface area contributed by atoms with Gasteiger partial charge in [0, 0.05) is 17.0 Å². The number of thioether (sulfide) groups is 1. The fourth-order valence-corrected chi connectivity index (χ4v) is 5.06. The van der Waals surface area contributed by atoms with Gasteiger partial charge in [-0.05, 0) is 42.9 Å². The lowest BCUT2D eigenvalue weighted by Crippen LogP contribution is -2.32. The second-order valence-electron chi connectivity index (χ2n) is 8.18. The van der Waals surface area contributed by atoms with E-state index in [2.05, 4.69) is 36.3 Å². The van der Waals surface area contributed by atoms with E-state index in [-0.39, 0.29) is 22.5 Å². The molecule has 1 heterocycles. The molecule has 136 valence electrons. The monoisotopic (exact) mass is 368 g/mol. The second kappa shape index (κ2) is 6.05. The zero-order valence-electron chi connectivity index (χ0n) is 15.7. The summed E-state index contributed by atoms with van der Waals surface area (Å²) in [6.45, 7) is 8.93. The Kier molecular flexibility index (Phi) is 4.06. The van der Waals surface area contributed by atoms with Gasteiger partial charge in [0.05, 0.1) is 17.1 Å². The summed E-state index contributed by atoms with van der Waals surface area (Å²) in [5.74, 6) is 0.668. The van der Waals surface area contributed by atoms with Crippen LogP contribution in [0, 0.1) is 12.3 Å². The van der Waals surface area contributed by atoms with Gasteiger partial charge in [-0.25, -0.2) is 4.98 Å². The minimum atomic E-state index is -0.0576. The molecule has 0 radical (unpaired) electrons. The highest BCUT2D eigenvalue weighted by molar-refractivity contribution is 7.99. The Morgan fingerprint density at radius 1 is 1.31 bits per heavy atom. The molecule has 0 aliphatic heterocycles. The quantitative estimate of drug-likeness (QED) is 0.824. The zero-order valence-corrected chi connectivity index (χ0v) is 16.5. The van der Waals surface area contributed by atoms with Crippen LogP contribution in [0.3, 0.4) is 0 Å². The number of nitrogens with one attached hydrogen (secondary N) is 1. The number of anilines is 1. The molecule has 1 fully saturated rings. The summed E-state index contributed by atoms with van der Waals surface area (Å²) in [5, 5.41) is 12.3. The molecular weight excluding hydrogens is 344 g/mol. The highest BCUT2D eigenvalue weighted by Crippen LogP contribution is 2.66. The normalized spacial score (nSPS) is 25.2. The summed E-state index contributed by atoms with van der Waals surface area (Å²) in [5.41, 5.74) is 4.32. The molecule has 5 nitrogen and oxygen atoms in total. The lowest BCUT2D eigenvalue weighted by atomic mass is 9.70. The number of carbonyl (C=O) groups excluding carboxylic acids is 1. The van der Waals surface area contributed by atoms with E-state index in [9.17, 15) is 4.79 Å². The molecule has 6 heteroatoms. The third-order valence-electron chi connectivity index (χ3n) is 6.41. The van der Waals surface area contributed by atoms with Gasteiger partial charge in [0.2, 0.25) is 11.1 Å². The highest BCUT2D eigenvalue weighted by Gasteiger charge is 2.61. The molecule has 0 saturated heterocycles. The number of nitrogens with zero attached hydrogens (tertiary/aromatic N) is 3. The fourth-order valence-electron chi connectivity index (χ4n) is 4.47. The van der Waals surface area contributed by atoms with Crippen molar-refractivity contribution in [1.29, 1.82) is 0 Å². The van der Waals surface area contributed by atoms with Crippen molar-refractivity contribution in [3.8, 4) is 0 Å². The van der Waals surface area contributed by atoms with E-state index in [0.29, 0.717) is 11.1 Å². The van der Waals surface area contributed by atoms with Crippen LogP contribution in [0.15, 0.2) is 29.4 Å². The van der Waals surface area contributed by atoms with Gasteiger partial charge in [-0.1, -0.05) is 44.7 Å². The van der Waals surface area contributed by atoms with Crippen molar-refractivity contribution in [3.05, 3.63) is 41.2 Å². The first kappa shape index (κ1) is 17.5. The number of benzene rings is 1. The van der Waals surface area contributed by atoms with Gasteiger partial charge in [0.25, 0.3) is 0 Å². The molecule has 1 saturated carbocycles. The van der Waals surface area contributed by atoms with Gasteiger partial charge in [-0.3, -0.25) is 4.79 Å². The molecule has 2 aliphatic carbocycles. The average molecular weight is 369 g/mol. The van der Waals surface area contributed by atoms with Gasteiger partial charge in [-0.15, -0.1) is 5.10 Å². The zero-order chi connectivity index (χ0) is 18.5. The van der Waals surface area contributed by atoms with E-state index in [4.69, 9.17) is 4.98 Å². The van der Waals surface area contributed by atoms with E-state index < -0.39 is 0 Å². The smallest absolute Gasteiger partial charge is 0.234 e. The van der Waals surface area contributed by atoms with Crippen LogP contribution in [-0.4, -0.2) is 26.8 Å². The summed E-state index contributed by atoms with van der Waals surface area (Å²) in [6.07, 6.45) is 2.31. The Morgan fingerprint density at radius 2 is 2.12 bits per heavy atom. The summed E-state index contributed by atoms with van der Waals surface area (Å²) in [6, 6.07) is 7.78. The third kappa shape index (κ3) is 2.62. The third-order valence-corrected chi connectivity index (χ3v) is 7.24. The fraction of sp³-hybridized carbons (Fsp3) is 0.500. The Labute approximate surface area is 158 Å². The van der Waals surface area contributed by atoms with Crippen LogP contribution < -0.4 is 5.32 Å². The molecule has 1 amide bonds. The number of amides is 1. The number of hydrogen-bond donors (Lipinski definition) is 1. The van der Waals surface area contributed by atoms with E-state index >= 15 is 0 Å². The van der Waals surface area contributed by atoms with Crippen molar-refractivity contribution in [3.63, 3.8) is 0 Å². The number of hydrogen-bond acceptors (Lipinski definition) is 5. The molecule has 0 spiro atoms. The maximum absolute atomic E-state index is 12.2. The first-order valence-corrected chi connectivity index (χ1v) is 10.0. The van der Waals surface area contributed by atoms with Gasteiger partial charge < -0.3 is 5.32 Å². The molecule has 2 unspecified atom stereocenters. The summed E-state index contributed by atoms with van der Waals surface area (Å²) < 4.78 is 0. The lowest BCUT2D eigenvalue weighted by Gasteiger charge is -2.33. The molecule has 1 aromatic carbocycles. The average Bonchev–Trinajstić information content (AvgIpc) is 2.92. The van der Waals surface area contributed by atoms with Crippen LogP contribution in [0.4, 0.5) is 5.69 Å². The summed E-state index contributed by atoms with van der Waals surface area (Å²) in [7, 11) is 0. The number of aryl methyl sites for hydroxylation is 1. The van der Waals surface area contributed by atoms with Crippen LogP contribution in [0.5, 0.6) is 0 Å². The summed E-state index contributed by atoms with van der Waals surface area (Å²) in [4.78, 5) is 17.0. The molecule has 4 rings (SSSR count). The van der Waals surface area contributed by atoms with E-state index in [0.717, 1.165) is 35.5 Å². The van der Waals surface area contributed by atoms with Crippen molar-refractivity contribution in [1.82, 2.24) is 15.2 Å². The van der Waals surface area contributed by atoms with Gasteiger partial charge >= 0.3 is 0 Å². The Bertz CT molecular complexity index is 882. The molecule has 1 N–H and O–H groups in total. The topological polar surface area (TPSA) is 67.8 Å². The van der Waals surface area contributed by atoms with Gasteiger partial charge in [0.15, 0.2) is 0 Å². The molecule has 2 atom stereocenters. The Hall–Kier alpha value is -1.95. The standard InChI is InChI=1S/C20H24N4OS/c1-12-6-5-7-13(10-12)21-15(25)11-26-18-22-17-16(23-24-18)14-8-9-20(17,4)19(14,2)3/h5-7,10,14H,8-9,11H2,1-4H3,(H,21,25). The van der Waals surface area contributed by atoms with Crippen LogP contribution >= 0.6 is 11.8 Å². The maximum atomic E-state index is 12.2. The number of rotatable bonds is 4. The van der Waals surface area contributed by atoms with Crippen molar-refractivity contribution in [2.75, 3.05) is 11.1 Å². The minimum Gasteiger partial charge on any atom is -0.325 e. The van der Waals surface area contributed by atoms with Crippen LogP contribution in [-0.2, 0) is 10.2 Å². The Balaban J connectivity index is 1.46. The van der Waals surface area contributed by atoms with Crippen molar-refractivity contribution in [2.45, 2.75) is 57.0 Å². The first-order chi connectivity index (χ1) is 12.3. The van der Waals surface area contributed by atoms with E-state index in [1.165, 1.54) is 11.8 Å². The molecular formula is C20H24N4OS.